The minimum atomic E-state index is -2.40. The zero-order valence-corrected chi connectivity index (χ0v) is 26.4. The lowest BCUT2D eigenvalue weighted by Gasteiger charge is -2.44. The Morgan fingerprint density at radius 2 is 1.58 bits per heavy atom. The quantitative estimate of drug-likeness (QED) is 0.267. The summed E-state index contributed by atoms with van der Waals surface area (Å²) >= 11 is 0. The van der Waals surface area contributed by atoms with E-state index in [0.717, 1.165) is 0 Å². The molecule has 0 saturated carbocycles. The summed E-state index contributed by atoms with van der Waals surface area (Å²) < 4.78 is 27.6. The first-order valence-electron chi connectivity index (χ1n) is 13.2. The third-order valence-corrected chi connectivity index (χ3v) is 17.3. The van der Waals surface area contributed by atoms with Crippen molar-refractivity contribution in [3.63, 3.8) is 0 Å². The first-order chi connectivity index (χ1) is 17.3. The molecule has 0 spiro atoms. The zero-order valence-electron chi connectivity index (χ0n) is 24.4. The van der Waals surface area contributed by atoms with Gasteiger partial charge in [0.15, 0.2) is 29.0 Å². The number of carbonyl (C=O) groups is 1. The molecule has 214 valence electrons. The van der Waals surface area contributed by atoms with E-state index in [1.807, 2.05) is 0 Å². The number of H-pyrrole nitrogens is 1. The SMILES string of the molecule is C=CCNC(=O)[C@H]1O[C@@H]1[C@H]1O[C@@H](n2ccc(=O)[nH]c2=O)[C@H](O[Si](C)(C)C(C)(C)C)[C@@H]1O[Si](C)(C)C(C)(C)C. The Morgan fingerprint density at radius 1 is 1.03 bits per heavy atom. The maximum absolute atomic E-state index is 12.9. The summed E-state index contributed by atoms with van der Waals surface area (Å²) in [5.41, 5.74) is -1.10. The first kappa shape index (κ1) is 30.7. The molecule has 38 heavy (non-hydrogen) atoms. The fourth-order valence-corrected chi connectivity index (χ4v) is 6.52. The number of ether oxygens (including phenoxy) is 2. The van der Waals surface area contributed by atoms with E-state index in [-0.39, 0.29) is 16.0 Å². The van der Waals surface area contributed by atoms with E-state index in [0.29, 0.717) is 6.54 Å². The Bertz CT molecular complexity index is 1150. The Labute approximate surface area is 227 Å². The molecule has 1 aromatic rings. The highest BCUT2D eigenvalue weighted by molar-refractivity contribution is 6.74. The van der Waals surface area contributed by atoms with Gasteiger partial charge in [-0.3, -0.25) is 19.1 Å². The van der Waals surface area contributed by atoms with Gasteiger partial charge in [-0.15, -0.1) is 6.58 Å². The van der Waals surface area contributed by atoms with Crippen LogP contribution in [0.2, 0.25) is 36.3 Å². The number of rotatable bonds is 9. The van der Waals surface area contributed by atoms with Crippen molar-refractivity contribution in [2.75, 3.05) is 6.54 Å². The second-order valence-corrected chi connectivity index (χ2v) is 22.8. The van der Waals surface area contributed by atoms with E-state index in [1.54, 1.807) is 6.08 Å². The lowest BCUT2D eigenvalue weighted by atomic mass is 10.1. The summed E-state index contributed by atoms with van der Waals surface area (Å²) in [6.45, 7) is 25.4. The van der Waals surface area contributed by atoms with Crippen LogP contribution in [0.1, 0.15) is 47.8 Å². The van der Waals surface area contributed by atoms with Gasteiger partial charge < -0.3 is 23.6 Å². The molecule has 2 fully saturated rings. The van der Waals surface area contributed by atoms with Crippen LogP contribution >= 0.6 is 0 Å². The lowest BCUT2D eigenvalue weighted by Crippen LogP contribution is -2.54. The summed E-state index contributed by atoms with van der Waals surface area (Å²) in [4.78, 5) is 39.7. The summed E-state index contributed by atoms with van der Waals surface area (Å²) in [7, 11) is -4.77. The van der Waals surface area contributed by atoms with Gasteiger partial charge in [0.25, 0.3) is 11.5 Å². The highest BCUT2D eigenvalue weighted by Crippen LogP contribution is 2.48. The minimum Gasteiger partial charge on any atom is -0.408 e. The highest BCUT2D eigenvalue weighted by atomic mass is 28.4. The van der Waals surface area contributed by atoms with Gasteiger partial charge in [0.2, 0.25) is 0 Å². The van der Waals surface area contributed by atoms with Crippen LogP contribution in [0.15, 0.2) is 34.5 Å². The normalized spacial score (nSPS) is 28.3. The molecule has 0 unspecified atom stereocenters. The molecule has 1 amide bonds. The second kappa shape index (κ2) is 10.6. The molecule has 0 radical (unpaired) electrons. The van der Waals surface area contributed by atoms with Crippen molar-refractivity contribution in [1.82, 2.24) is 14.9 Å². The van der Waals surface area contributed by atoms with Crippen molar-refractivity contribution in [3.05, 3.63) is 45.8 Å². The van der Waals surface area contributed by atoms with E-state index >= 15 is 0 Å². The van der Waals surface area contributed by atoms with Crippen LogP contribution in [-0.2, 0) is 23.1 Å². The molecule has 2 aliphatic rings. The van der Waals surface area contributed by atoms with Crippen LogP contribution in [0.25, 0.3) is 0 Å². The molecule has 10 nitrogen and oxygen atoms in total. The van der Waals surface area contributed by atoms with Gasteiger partial charge in [-0.05, 0) is 36.3 Å². The van der Waals surface area contributed by atoms with Gasteiger partial charge in [-0.25, -0.2) is 4.79 Å². The van der Waals surface area contributed by atoms with Crippen LogP contribution in [0, 0.1) is 0 Å². The van der Waals surface area contributed by atoms with Gasteiger partial charge in [0.05, 0.1) is 0 Å². The molecule has 3 heterocycles. The highest BCUT2D eigenvalue weighted by Gasteiger charge is 2.62. The Morgan fingerprint density at radius 3 is 2.08 bits per heavy atom. The van der Waals surface area contributed by atoms with E-state index in [2.05, 4.69) is 84.6 Å². The van der Waals surface area contributed by atoms with Crippen molar-refractivity contribution in [1.29, 1.82) is 0 Å². The third-order valence-electron chi connectivity index (χ3n) is 8.35. The van der Waals surface area contributed by atoms with E-state index < -0.39 is 64.6 Å². The van der Waals surface area contributed by atoms with Gasteiger partial charge in [-0.2, -0.15) is 0 Å². The maximum Gasteiger partial charge on any atom is 0.330 e. The molecular formula is C26H45N3O7Si2. The maximum atomic E-state index is 12.9. The average molecular weight is 568 g/mol. The van der Waals surface area contributed by atoms with Gasteiger partial charge in [0.1, 0.15) is 24.4 Å². The van der Waals surface area contributed by atoms with Crippen molar-refractivity contribution < 1.29 is 23.1 Å². The summed E-state index contributed by atoms with van der Waals surface area (Å²) in [6, 6.07) is 1.28. The van der Waals surface area contributed by atoms with E-state index in [4.69, 9.17) is 18.3 Å². The number of hydrogen-bond acceptors (Lipinski definition) is 7. The number of nitrogens with one attached hydrogen (secondary N) is 2. The Kier molecular flexibility index (Phi) is 8.58. The van der Waals surface area contributed by atoms with Gasteiger partial charge in [-0.1, -0.05) is 47.6 Å². The number of carbonyl (C=O) groups excluding carboxylic acids is 1. The van der Waals surface area contributed by atoms with Crippen molar-refractivity contribution in [3.8, 4) is 0 Å². The molecule has 1 aromatic heterocycles. The predicted octanol–water partition coefficient (Wildman–Crippen LogP) is 3.28. The standard InChI is InChI=1S/C26H45N3O7Si2/c1-12-14-27-22(31)20-18(33-20)17-19(35-37(8,9)25(2,3)4)21(36-38(10,11)26(5,6)7)23(34-17)29-15-13-16(30)28-24(29)32/h12-13,15,17-21,23H,1,14H2,2-11H3,(H,27,31)(H,28,30,32)/t17-,18-,19-,20+,21-,23-/m1/s1. The second-order valence-electron chi connectivity index (χ2n) is 13.2. The Hall–Kier alpha value is -1.84. The summed E-state index contributed by atoms with van der Waals surface area (Å²) in [6.07, 6.45) is -1.06. The van der Waals surface area contributed by atoms with Crippen LogP contribution < -0.4 is 16.6 Å². The van der Waals surface area contributed by atoms with Crippen LogP contribution in [0.3, 0.4) is 0 Å². The van der Waals surface area contributed by atoms with E-state index in [9.17, 15) is 14.4 Å². The van der Waals surface area contributed by atoms with Crippen molar-refractivity contribution in [2.45, 2.75) is 115 Å². The number of hydrogen-bond donors (Lipinski definition) is 2. The largest absolute Gasteiger partial charge is 0.408 e. The molecule has 0 bridgehead atoms. The number of epoxide rings is 1. The number of amides is 1. The fraction of sp³-hybridized carbons (Fsp3) is 0.731. The molecular weight excluding hydrogens is 522 g/mol. The molecule has 12 heteroatoms. The molecule has 6 atom stereocenters. The third kappa shape index (κ3) is 6.31. The smallest absolute Gasteiger partial charge is 0.330 e. The summed E-state index contributed by atoms with van der Waals surface area (Å²) in [5.74, 6) is -0.254. The van der Waals surface area contributed by atoms with Gasteiger partial charge in [0, 0.05) is 18.8 Å². The van der Waals surface area contributed by atoms with E-state index in [1.165, 1.54) is 16.8 Å². The molecule has 2 saturated heterocycles. The molecule has 2 aliphatic heterocycles. The minimum absolute atomic E-state index is 0.114. The van der Waals surface area contributed by atoms with Gasteiger partial charge >= 0.3 is 5.69 Å². The fourth-order valence-electron chi connectivity index (χ4n) is 3.93. The van der Waals surface area contributed by atoms with Crippen LogP contribution in [-0.4, -0.2) is 69.2 Å². The molecule has 0 aromatic carbocycles. The monoisotopic (exact) mass is 567 g/mol. The number of nitrogens with zero attached hydrogens (tertiary/aromatic N) is 1. The van der Waals surface area contributed by atoms with Crippen molar-refractivity contribution in [2.24, 2.45) is 0 Å². The summed E-state index contributed by atoms with van der Waals surface area (Å²) in [5, 5.41) is 2.53. The van der Waals surface area contributed by atoms with Crippen molar-refractivity contribution >= 4 is 22.5 Å². The predicted molar refractivity (Wildman–Crippen MR) is 151 cm³/mol. The van der Waals surface area contributed by atoms with Crippen LogP contribution in [0.4, 0.5) is 0 Å². The molecule has 3 rings (SSSR count). The molecule has 2 N–H and O–H groups in total. The average Bonchev–Trinajstić information content (AvgIpc) is 3.49. The lowest BCUT2D eigenvalue weighted by molar-refractivity contribution is -0.122. The Balaban J connectivity index is 2.09. The number of aromatic nitrogens is 2. The first-order valence-corrected chi connectivity index (χ1v) is 19.0. The molecule has 0 aliphatic carbocycles. The zero-order chi connectivity index (χ0) is 28.8. The number of aromatic amines is 1. The van der Waals surface area contributed by atoms with Crippen LogP contribution in [0.5, 0.6) is 0 Å². The topological polar surface area (TPSA) is 124 Å².